The monoisotopic (exact) mass is 847 g/mol. The van der Waals surface area contributed by atoms with Gasteiger partial charge in [-0.05, 0) is 91.7 Å². The molecule has 0 radical (unpaired) electrons. The molecule has 3 aliphatic heterocycles. The van der Waals surface area contributed by atoms with Gasteiger partial charge in [-0.3, -0.25) is 28.8 Å². The first kappa shape index (κ1) is 46.2. The van der Waals surface area contributed by atoms with Gasteiger partial charge in [0.05, 0.1) is 63.1 Å². The molecule has 11 nitrogen and oxygen atoms in total. The lowest BCUT2D eigenvalue weighted by molar-refractivity contribution is -0.149. The molecule has 6 rings (SSSR count). The van der Waals surface area contributed by atoms with Gasteiger partial charge in [0.1, 0.15) is 0 Å². The highest BCUT2D eigenvalue weighted by Crippen LogP contribution is 2.47. The van der Waals surface area contributed by atoms with Crippen molar-refractivity contribution in [2.24, 2.45) is 23.7 Å². The third kappa shape index (κ3) is 10.6. The third-order valence-corrected chi connectivity index (χ3v) is 13.5. The largest absolute Gasteiger partial charge is 0.469 e. The summed E-state index contributed by atoms with van der Waals surface area (Å²) in [6.07, 6.45) is 5.07. The average Bonchev–Trinajstić information content (AvgIpc) is 4.06. The number of carbonyl (C=O) groups is 6. The Kier molecular flexibility index (Phi) is 15.4. The van der Waals surface area contributed by atoms with Crippen LogP contribution in [0.5, 0.6) is 0 Å². The molecular weight excluding hydrogens is 783 g/mol. The van der Waals surface area contributed by atoms with E-state index in [2.05, 4.69) is 60.4 Å². The number of benzene rings is 3. The molecule has 11 heteroatoms. The van der Waals surface area contributed by atoms with E-state index in [0.29, 0.717) is 25.9 Å². The maximum absolute atomic E-state index is 13.7. The first-order valence-electron chi connectivity index (χ1n) is 22.5. The van der Waals surface area contributed by atoms with Crippen LogP contribution in [0.2, 0.25) is 0 Å². The molecule has 0 N–H and O–H groups in total. The molecule has 0 aromatic heterocycles. The Hall–Kier alpha value is -5.32. The summed E-state index contributed by atoms with van der Waals surface area (Å²) in [5, 5.41) is 0. The second kappa shape index (κ2) is 20.7. The molecule has 3 aromatic rings. The fraction of sp³-hybridized carbons (Fsp3) is 0.529. The highest BCUT2D eigenvalue weighted by molar-refractivity contribution is 5.93. The average molecular weight is 848 g/mol. The molecule has 3 aromatic carbocycles. The Labute approximate surface area is 367 Å². The van der Waals surface area contributed by atoms with Gasteiger partial charge in [0.2, 0.25) is 11.8 Å². The Balaban J connectivity index is 1.13. The van der Waals surface area contributed by atoms with Gasteiger partial charge in [-0.2, -0.15) is 0 Å². The Morgan fingerprint density at radius 1 is 0.565 bits per heavy atom. The second-order valence-corrected chi connectivity index (χ2v) is 18.3. The van der Waals surface area contributed by atoms with Crippen molar-refractivity contribution in [3.63, 3.8) is 0 Å². The van der Waals surface area contributed by atoms with Crippen LogP contribution >= 0.6 is 0 Å². The number of rotatable bonds is 17. The molecule has 0 unspecified atom stereocenters. The molecule has 3 heterocycles. The van der Waals surface area contributed by atoms with Crippen LogP contribution in [0.3, 0.4) is 0 Å². The van der Waals surface area contributed by atoms with Crippen LogP contribution in [-0.2, 0) is 51.1 Å². The summed E-state index contributed by atoms with van der Waals surface area (Å²) in [5.74, 6) is -2.29. The van der Waals surface area contributed by atoms with Crippen LogP contribution in [0, 0.1) is 30.6 Å². The minimum Gasteiger partial charge on any atom is -0.469 e. The standard InChI is InChI=1S/C51H65N3O8/c1-32(2)40(30-48(57)61-6)50(59)52-26-8-10-44(52)46(55)28-35-14-18-37(19-15-35)42-24-25-43(54(42)39-22-12-34(5)13-23-39)38-20-16-36(17-21-38)29-47(56)45-11-9-27-53(45)51(60)41(33(3)4)31-49(58)62-7/h12-23,32-33,40-45H,8-11,24-31H2,1-7H3/t40-,41-,42+,43+,44-,45-/m0/s1. The predicted molar refractivity (Wildman–Crippen MR) is 238 cm³/mol. The van der Waals surface area contributed by atoms with E-state index in [0.717, 1.165) is 53.6 Å². The summed E-state index contributed by atoms with van der Waals surface area (Å²) < 4.78 is 9.72. The molecule has 0 saturated carbocycles. The van der Waals surface area contributed by atoms with Crippen LogP contribution in [0.1, 0.15) is 119 Å². The number of carbonyl (C=O) groups excluding carboxylic acids is 6. The van der Waals surface area contributed by atoms with Crippen LogP contribution in [0.15, 0.2) is 72.8 Å². The fourth-order valence-corrected chi connectivity index (χ4v) is 9.79. The van der Waals surface area contributed by atoms with Gasteiger partial charge >= 0.3 is 11.9 Å². The van der Waals surface area contributed by atoms with Gasteiger partial charge in [0.15, 0.2) is 11.6 Å². The molecule has 3 saturated heterocycles. The number of hydrogen-bond acceptors (Lipinski definition) is 9. The number of methoxy groups -OCH3 is 2. The fourth-order valence-electron chi connectivity index (χ4n) is 9.79. The lowest BCUT2D eigenvalue weighted by atomic mass is 9.90. The topological polar surface area (TPSA) is 131 Å². The third-order valence-electron chi connectivity index (χ3n) is 13.5. The molecular formula is C51H65N3O8. The van der Waals surface area contributed by atoms with E-state index in [1.54, 1.807) is 9.80 Å². The summed E-state index contributed by atoms with van der Waals surface area (Å²) in [6.45, 7) is 10.8. The number of ether oxygens (including phenoxy) is 2. The van der Waals surface area contributed by atoms with E-state index in [9.17, 15) is 28.8 Å². The zero-order chi connectivity index (χ0) is 44.7. The minimum atomic E-state index is -0.527. The van der Waals surface area contributed by atoms with Gasteiger partial charge < -0.3 is 24.2 Å². The number of esters is 2. The Morgan fingerprint density at radius 2 is 0.952 bits per heavy atom. The van der Waals surface area contributed by atoms with Crippen molar-refractivity contribution in [3.05, 3.63) is 101 Å². The van der Waals surface area contributed by atoms with Gasteiger partial charge in [0, 0.05) is 31.6 Å². The summed E-state index contributed by atoms with van der Waals surface area (Å²) in [6, 6.07) is 24.5. The zero-order valence-corrected chi connectivity index (χ0v) is 37.6. The summed E-state index contributed by atoms with van der Waals surface area (Å²) in [7, 11) is 2.65. The van der Waals surface area contributed by atoms with Crippen LogP contribution in [0.4, 0.5) is 5.69 Å². The van der Waals surface area contributed by atoms with Gasteiger partial charge in [-0.15, -0.1) is 0 Å². The van der Waals surface area contributed by atoms with E-state index in [1.807, 2.05) is 52.0 Å². The number of ketones is 2. The Bertz CT molecular complexity index is 1940. The summed E-state index contributed by atoms with van der Waals surface area (Å²) in [4.78, 5) is 84.8. The van der Waals surface area contributed by atoms with Crippen LogP contribution in [0.25, 0.3) is 0 Å². The highest BCUT2D eigenvalue weighted by atomic mass is 16.5. The molecule has 332 valence electrons. The molecule has 0 aliphatic carbocycles. The maximum atomic E-state index is 13.7. The molecule has 2 amide bonds. The van der Waals surface area contributed by atoms with Gasteiger partial charge in [-0.1, -0.05) is 93.9 Å². The van der Waals surface area contributed by atoms with E-state index >= 15 is 0 Å². The van der Waals surface area contributed by atoms with Crippen LogP contribution < -0.4 is 4.90 Å². The molecule has 6 atom stereocenters. The van der Waals surface area contributed by atoms with E-state index in [4.69, 9.17) is 9.47 Å². The molecule has 3 aliphatic rings. The SMILES string of the molecule is COC(=O)C[C@H](C(=O)N1CCC[C@H]1C(=O)Cc1ccc([C@H]2CC[C@H](c3ccc(CC(=O)[C@@H]4CCCN4C(=O)[C@@H](CC(=O)OC)C(C)C)cc3)N2c2ccc(C)cc2)cc1)C(C)C. The number of hydrogen-bond donors (Lipinski definition) is 0. The van der Waals surface area contributed by atoms with Crippen molar-refractivity contribution < 1.29 is 38.2 Å². The highest BCUT2D eigenvalue weighted by Gasteiger charge is 2.41. The van der Waals surface area contributed by atoms with Crippen molar-refractivity contribution in [2.75, 3.05) is 32.2 Å². The minimum absolute atomic E-state index is 0.00499. The number of nitrogens with zero attached hydrogens (tertiary/aromatic N) is 3. The molecule has 3 fully saturated rings. The van der Waals surface area contributed by atoms with Crippen molar-refractivity contribution in [2.45, 2.75) is 123 Å². The first-order chi connectivity index (χ1) is 29.7. The predicted octanol–water partition coefficient (Wildman–Crippen LogP) is 7.95. The number of amides is 2. The first-order valence-corrected chi connectivity index (χ1v) is 22.5. The van der Waals surface area contributed by atoms with Gasteiger partial charge in [0.25, 0.3) is 0 Å². The lowest BCUT2D eigenvalue weighted by Gasteiger charge is -2.33. The molecule has 62 heavy (non-hydrogen) atoms. The maximum Gasteiger partial charge on any atom is 0.306 e. The molecule has 0 spiro atoms. The van der Waals surface area contributed by atoms with E-state index in [-0.39, 0.29) is 73.0 Å². The lowest BCUT2D eigenvalue weighted by Crippen LogP contribution is -2.45. The quantitative estimate of drug-likeness (QED) is 0.124. The van der Waals surface area contributed by atoms with Gasteiger partial charge in [-0.25, -0.2) is 0 Å². The van der Waals surface area contributed by atoms with E-state index < -0.39 is 35.9 Å². The summed E-state index contributed by atoms with van der Waals surface area (Å²) >= 11 is 0. The van der Waals surface area contributed by atoms with Crippen molar-refractivity contribution in [1.29, 1.82) is 0 Å². The van der Waals surface area contributed by atoms with Crippen molar-refractivity contribution >= 4 is 41.0 Å². The number of Topliss-reactive ketones (excluding diaryl/α,β-unsaturated/α-hetero) is 2. The normalized spacial score (nSPS) is 21.0. The number of anilines is 1. The Morgan fingerprint density at radius 3 is 1.31 bits per heavy atom. The smallest absolute Gasteiger partial charge is 0.306 e. The summed E-state index contributed by atoms with van der Waals surface area (Å²) in [5.41, 5.74) is 6.43. The van der Waals surface area contributed by atoms with E-state index in [1.165, 1.54) is 19.8 Å². The zero-order valence-electron chi connectivity index (χ0n) is 37.6. The number of aryl methyl sites for hydroxylation is 1. The second-order valence-electron chi connectivity index (χ2n) is 18.3. The number of likely N-dealkylation sites (tertiary alicyclic amines) is 2. The molecule has 0 bridgehead atoms. The van der Waals surface area contributed by atoms with Crippen molar-refractivity contribution in [1.82, 2.24) is 9.80 Å². The van der Waals surface area contributed by atoms with Crippen LogP contribution in [-0.4, -0.2) is 84.5 Å². The van der Waals surface area contributed by atoms with Crippen molar-refractivity contribution in [3.8, 4) is 0 Å².